The molecule has 2 fully saturated rings. The molecule has 0 N–H and O–H groups in total. The van der Waals surface area contributed by atoms with E-state index in [2.05, 4.69) is 6.92 Å². The van der Waals surface area contributed by atoms with E-state index in [9.17, 15) is 17.6 Å². The maximum atomic E-state index is 13.2. The molecule has 1 heterocycles. The number of ether oxygens (including phenoxy) is 2. The van der Waals surface area contributed by atoms with Crippen molar-refractivity contribution in [3.05, 3.63) is 0 Å². The molecule has 1 aliphatic heterocycles. The molecule has 0 spiro atoms. The Morgan fingerprint density at radius 1 is 1.05 bits per heavy atom. The summed E-state index contributed by atoms with van der Waals surface area (Å²) < 4.78 is 62.8. The second-order valence-corrected chi connectivity index (χ2v) is 6.75. The van der Waals surface area contributed by atoms with Crippen LogP contribution in [0.4, 0.5) is 17.6 Å². The number of hydrogen-bond acceptors (Lipinski definition) is 2. The van der Waals surface area contributed by atoms with Crippen LogP contribution in [0.25, 0.3) is 0 Å². The van der Waals surface area contributed by atoms with Gasteiger partial charge >= 0.3 is 11.8 Å². The lowest BCUT2D eigenvalue weighted by atomic mass is 9.78. The molecule has 3 unspecified atom stereocenters. The monoisotopic (exact) mass is 312 g/mol. The Labute approximate surface area is 123 Å². The normalized spacial score (nSPS) is 35.1. The van der Waals surface area contributed by atoms with Gasteiger partial charge in [0.15, 0.2) is 6.29 Å². The summed E-state index contributed by atoms with van der Waals surface area (Å²) in [6.45, 7) is 1.47. The quantitative estimate of drug-likeness (QED) is 0.715. The van der Waals surface area contributed by atoms with Crippen LogP contribution in [0.3, 0.4) is 0 Å². The van der Waals surface area contributed by atoms with Gasteiger partial charge in [0.1, 0.15) is 13.2 Å². The van der Waals surface area contributed by atoms with E-state index in [1.807, 2.05) is 6.92 Å². The van der Waals surface area contributed by atoms with Crippen molar-refractivity contribution in [2.45, 2.75) is 64.1 Å². The van der Waals surface area contributed by atoms with Crippen LogP contribution in [0.1, 0.15) is 46.0 Å². The first-order valence-electron chi connectivity index (χ1n) is 7.70. The fourth-order valence-electron chi connectivity index (χ4n) is 3.37. The van der Waals surface area contributed by atoms with Crippen LogP contribution in [0.2, 0.25) is 0 Å². The van der Waals surface area contributed by atoms with Gasteiger partial charge in [-0.3, -0.25) is 0 Å². The van der Waals surface area contributed by atoms with E-state index in [4.69, 9.17) is 9.47 Å². The summed E-state index contributed by atoms with van der Waals surface area (Å²) in [5.74, 6) is -7.33. The molecular weight excluding hydrogens is 288 g/mol. The third-order valence-electron chi connectivity index (χ3n) is 4.61. The molecule has 0 amide bonds. The summed E-state index contributed by atoms with van der Waals surface area (Å²) in [5.41, 5.74) is 0. The van der Waals surface area contributed by atoms with Crippen molar-refractivity contribution in [2.24, 2.45) is 17.8 Å². The summed E-state index contributed by atoms with van der Waals surface area (Å²) in [7, 11) is 0. The standard InChI is InChI=1S/C15H24F4O2/c1-10-4-3-5-12(6-10)7-11(2)13-20-8-14(16,17)15(18,19)9-21-13/h10-13H,3-9H2,1-2H3. The van der Waals surface area contributed by atoms with Gasteiger partial charge in [-0.1, -0.05) is 33.1 Å². The number of halogens is 4. The summed E-state index contributed by atoms with van der Waals surface area (Å²) in [5, 5.41) is 0. The lowest BCUT2D eigenvalue weighted by Gasteiger charge is -2.31. The first-order valence-corrected chi connectivity index (χ1v) is 7.70. The van der Waals surface area contributed by atoms with Crippen molar-refractivity contribution in [3.8, 4) is 0 Å². The van der Waals surface area contributed by atoms with E-state index in [0.717, 1.165) is 19.3 Å². The van der Waals surface area contributed by atoms with Gasteiger partial charge < -0.3 is 9.47 Å². The zero-order valence-corrected chi connectivity index (χ0v) is 12.6. The van der Waals surface area contributed by atoms with E-state index >= 15 is 0 Å². The van der Waals surface area contributed by atoms with Crippen molar-refractivity contribution in [1.82, 2.24) is 0 Å². The first-order chi connectivity index (χ1) is 9.71. The van der Waals surface area contributed by atoms with Crippen LogP contribution in [0.5, 0.6) is 0 Å². The van der Waals surface area contributed by atoms with Crippen molar-refractivity contribution in [1.29, 1.82) is 0 Å². The molecule has 0 aromatic rings. The van der Waals surface area contributed by atoms with Crippen LogP contribution >= 0.6 is 0 Å². The average molecular weight is 312 g/mol. The molecule has 0 aromatic heterocycles. The molecule has 2 rings (SSSR count). The molecule has 2 aliphatic rings. The fraction of sp³-hybridized carbons (Fsp3) is 1.00. The van der Waals surface area contributed by atoms with Gasteiger partial charge in [0.2, 0.25) is 0 Å². The molecule has 2 nitrogen and oxygen atoms in total. The highest BCUT2D eigenvalue weighted by atomic mass is 19.3. The molecule has 1 saturated heterocycles. The van der Waals surface area contributed by atoms with Crippen molar-refractivity contribution in [2.75, 3.05) is 13.2 Å². The molecule has 0 aromatic carbocycles. The Bertz CT molecular complexity index is 331. The van der Waals surface area contributed by atoms with Gasteiger partial charge in [0.05, 0.1) is 0 Å². The average Bonchev–Trinajstić information content (AvgIpc) is 2.47. The van der Waals surface area contributed by atoms with Gasteiger partial charge in [-0.15, -0.1) is 0 Å². The highest BCUT2D eigenvalue weighted by molar-refractivity contribution is 4.87. The highest BCUT2D eigenvalue weighted by Gasteiger charge is 2.59. The molecule has 0 bridgehead atoms. The Morgan fingerprint density at radius 3 is 2.14 bits per heavy atom. The number of alkyl halides is 4. The zero-order chi connectivity index (χ0) is 15.7. The minimum atomic E-state index is -4.17. The van der Waals surface area contributed by atoms with Gasteiger partial charge in [-0.05, 0) is 24.7 Å². The molecule has 124 valence electrons. The Kier molecular flexibility index (Phi) is 5.19. The minimum absolute atomic E-state index is 0.162. The largest absolute Gasteiger partial charge is 0.346 e. The van der Waals surface area contributed by atoms with Crippen LogP contribution in [-0.4, -0.2) is 31.3 Å². The van der Waals surface area contributed by atoms with Crippen LogP contribution in [0, 0.1) is 17.8 Å². The molecule has 1 aliphatic carbocycles. The summed E-state index contributed by atoms with van der Waals surface area (Å²) in [6.07, 6.45) is 4.39. The van der Waals surface area contributed by atoms with Crippen LogP contribution in [-0.2, 0) is 9.47 Å². The maximum absolute atomic E-state index is 13.2. The fourth-order valence-corrected chi connectivity index (χ4v) is 3.37. The number of rotatable bonds is 3. The van der Waals surface area contributed by atoms with E-state index in [1.165, 1.54) is 12.8 Å². The van der Waals surface area contributed by atoms with Gasteiger partial charge in [0.25, 0.3) is 0 Å². The second-order valence-electron chi connectivity index (χ2n) is 6.75. The third-order valence-corrected chi connectivity index (χ3v) is 4.61. The van der Waals surface area contributed by atoms with Gasteiger partial charge in [-0.25, -0.2) is 0 Å². The SMILES string of the molecule is CC1CCCC(CC(C)C2OCC(F)(F)C(F)(F)CO2)C1. The van der Waals surface area contributed by atoms with Crippen molar-refractivity contribution < 1.29 is 27.0 Å². The highest BCUT2D eigenvalue weighted by Crippen LogP contribution is 2.39. The lowest BCUT2D eigenvalue weighted by molar-refractivity contribution is -0.222. The van der Waals surface area contributed by atoms with E-state index in [0.29, 0.717) is 11.8 Å². The summed E-state index contributed by atoms with van der Waals surface area (Å²) in [4.78, 5) is 0. The second kappa shape index (κ2) is 6.41. The molecular formula is C15H24F4O2. The first kappa shape index (κ1) is 17.0. The molecule has 21 heavy (non-hydrogen) atoms. The van der Waals surface area contributed by atoms with E-state index < -0.39 is 31.3 Å². The maximum Gasteiger partial charge on any atom is 0.335 e. The van der Waals surface area contributed by atoms with E-state index in [-0.39, 0.29) is 5.92 Å². The minimum Gasteiger partial charge on any atom is -0.346 e. The van der Waals surface area contributed by atoms with Crippen molar-refractivity contribution >= 4 is 0 Å². The summed E-state index contributed by atoms with van der Waals surface area (Å²) >= 11 is 0. The van der Waals surface area contributed by atoms with Gasteiger partial charge in [0, 0.05) is 5.92 Å². The van der Waals surface area contributed by atoms with E-state index in [1.54, 1.807) is 0 Å². The van der Waals surface area contributed by atoms with Crippen molar-refractivity contribution in [3.63, 3.8) is 0 Å². The predicted molar refractivity (Wildman–Crippen MR) is 70.5 cm³/mol. The molecule has 0 radical (unpaired) electrons. The Morgan fingerprint density at radius 2 is 1.62 bits per heavy atom. The molecule has 6 heteroatoms. The predicted octanol–water partition coefficient (Wildman–Crippen LogP) is 4.48. The summed E-state index contributed by atoms with van der Waals surface area (Å²) in [6, 6.07) is 0. The zero-order valence-electron chi connectivity index (χ0n) is 12.6. The molecule has 3 atom stereocenters. The lowest BCUT2D eigenvalue weighted by Crippen LogP contribution is -2.45. The van der Waals surface area contributed by atoms with Gasteiger partial charge in [-0.2, -0.15) is 17.6 Å². The molecule has 1 saturated carbocycles. The van der Waals surface area contributed by atoms with Crippen LogP contribution < -0.4 is 0 Å². The Balaban J connectivity index is 1.89. The smallest absolute Gasteiger partial charge is 0.335 e. The van der Waals surface area contributed by atoms with Crippen LogP contribution in [0.15, 0.2) is 0 Å². The Hall–Kier alpha value is -0.360. The third kappa shape index (κ3) is 4.09. The number of hydrogen-bond donors (Lipinski definition) is 0. The topological polar surface area (TPSA) is 18.5 Å².